The first-order valence-electron chi connectivity index (χ1n) is 24.0. The van der Waals surface area contributed by atoms with Crippen LogP contribution < -0.4 is 0 Å². The highest BCUT2D eigenvalue weighted by Crippen LogP contribution is 2.39. The molecular formula is C66H44N6. The first-order chi connectivity index (χ1) is 35.7. The van der Waals surface area contributed by atoms with Gasteiger partial charge in [0, 0.05) is 33.4 Å². The maximum atomic E-state index is 5.31. The second-order valence-electron chi connectivity index (χ2n) is 17.5. The molecule has 0 radical (unpaired) electrons. The first kappa shape index (κ1) is 43.5. The van der Waals surface area contributed by atoms with Crippen molar-refractivity contribution in [1.82, 2.24) is 29.9 Å². The Morgan fingerprint density at radius 2 is 0.333 bits per heavy atom. The number of nitrogens with zero attached hydrogens (tertiary/aromatic N) is 6. The van der Waals surface area contributed by atoms with Crippen LogP contribution in [0.25, 0.3) is 124 Å². The summed E-state index contributed by atoms with van der Waals surface area (Å²) in [6, 6.07) is 91.8. The Morgan fingerprint density at radius 1 is 0.139 bits per heavy atom. The molecule has 2 aromatic heterocycles. The minimum absolute atomic E-state index is 0.545. The number of benzene rings is 10. The highest BCUT2D eigenvalue weighted by Gasteiger charge is 2.21. The van der Waals surface area contributed by atoms with Crippen LogP contribution in [0.2, 0.25) is 0 Å². The zero-order chi connectivity index (χ0) is 48.1. The molecule has 12 rings (SSSR count). The lowest BCUT2D eigenvalue weighted by molar-refractivity contribution is 1.07. The van der Waals surface area contributed by atoms with Gasteiger partial charge in [-0.05, 0) is 79.9 Å². The Balaban J connectivity index is 1.03. The third-order valence-corrected chi connectivity index (χ3v) is 12.8. The van der Waals surface area contributed by atoms with Gasteiger partial charge in [0.15, 0.2) is 34.9 Å². The molecule has 12 aromatic rings. The standard InChI is InChI=1S/C66H44N6/c1-5-21-45(22-6-1)49-29-17-33-53(41-49)61-67-62(54-34-18-30-50(42-54)46-23-7-2-8-24-46)70-65(69-61)59-39-15-13-37-57(59)58-38-14-16-40-60(58)66-71-63(55-35-19-31-51(43-55)47-25-9-3-10-26-47)68-64(72-66)56-36-20-32-52(44-56)48-27-11-4-12-28-48/h1-44H. The van der Waals surface area contributed by atoms with Crippen LogP contribution in [0.3, 0.4) is 0 Å². The Hall–Kier alpha value is -9.78. The van der Waals surface area contributed by atoms with Gasteiger partial charge in [-0.15, -0.1) is 0 Å². The molecular weight excluding hydrogens is 877 g/mol. The van der Waals surface area contributed by atoms with E-state index in [1.165, 1.54) is 0 Å². The molecule has 10 aromatic carbocycles. The van der Waals surface area contributed by atoms with Crippen molar-refractivity contribution >= 4 is 0 Å². The molecule has 2 heterocycles. The summed E-state index contributed by atoms with van der Waals surface area (Å²) in [4.78, 5) is 31.7. The molecule has 6 nitrogen and oxygen atoms in total. The van der Waals surface area contributed by atoms with Crippen molar-refractivity contribution < 1.29 is 0 Å². The van der Waals surface area contributed by atoms with Crippen molar-refractivity contribution in [3.05, 3.63) is 267 Å². The van der Waals surface area contributed by atoms with Gasteiger partial charge in [-0.1, -0.05) is 243 Å². The molecule has 338 valence electrons. The van der Waals surface area contributed by atoms with Crippen molar-refractivity contribution in [1.29, 1.82) is 0 Å². The van der Waals surface area contributed by atoms with E-state index in [0.29, 0.717) is 34.9 Å². The number of rotatable bonds is 11. The molecule has 0 saturated carbocycles. The van der Waals surface area contributed by atoms with Crippen LogP contribution in [-0.2, 0) is 0 Å². The molecule has 0 spiro atoms. The quantitative estimate of drug-likeness (QED) is 0.129. The number of hydrogen-bond acceptors (Lipinski definition) is 6. The summed E-state index contributed by atoms with van der Waals surface area (Å²) in [6.45, 7) is 0. The van der Waals surface area contributed by atoms with Crippen LogP contribution in [-0.4, -0.2) is 29.9 Å². The fraction of sp³-hybridized carbons (Fsp3) is 0. The molecule has 0 aliphatic carbocycles. The van der Waals surface area contributed by atoms with Crippen molar-refractivity contribution in [2.24, 2.45) is 0 Å². The highest BCUT2D eigenvalue weighted by molar-refractivity contribution is 5.90. The summed E-state index contributed by atoms with van der Waals surface area (Å²) in [7, 11) is 0. The second kappa shape index (κ2) is 19.7. The SMILES string of the molecule is c1ccc(-c2cccc(-c3nc(-c4cccc(-c5ccccc5)c4)nc(-c4ccccc4-c4ccccc4-c4nc(-c5cccc(-c6ccccc6)c5)nc(-c5cccc(-c6ccccc6)c5)n4)n3)c2)cc1. The van der Waals surface area contributed by atoms with Gasteiger partial charge in [0.2, 0.25) is 0 Å². The average Bonchev–Trinajstić information content (AvgIpc) is 3.48. The zero-order valence-electron chi connectivity index (χ0n) is 39.1. The van der Waals surface area contributed by atoms with E-state index in [4.69, 9.17) is 29.9 Å². The highest BCUT2D eigenvalue weighted by atomic mass is 15.0. The van der Waals surface area contributed by atoms with E-state index in [-0.39, 0.29) is 0 Å². The van der Waals surface area contributed by atoms with E-state index < -0.39 is 0 Å². The molecule has 0 fully saturated rings. The summed E-state index contributed by atoms with van der Waals surface area (Å²) in [6.07, 6.45) is 0. The predicted molar refractivity (Wildman–Crippen MR) is 293 cm³/mol. The van der Waals surface area contributed by atoms with Crippen LogP contribution in [0, 0.1) is 0 Å². The second-order valence-corrected chi connectivity index (χ2v) is 17.5. The van der Waals surface area contributed by atoms with Crippen LogP contribution in [0.1, 0.15) is 0 Å². The summed E-state index contributed by atoms with van der Waals surface area (Å²) in [5.74, 6) is 3.38. The fourth-order valence-electron chi connectivity index (χ4n) is 9.21. The van der Waals surface area contributed by atoms with E-state index >= 15 is 0 Å². The third-order valence-electron chi connectivity index (χ3n) is 12.8. The summed E-state index contributed by atoms with van der Waals surface area (Å²) in [5, 5.41) is 0. The molecule has 0 amide bonds. The lowest BCUT2D eigenvalue weighted by atomic mass is 9.94. The molecule has 6 heteroatoms. The average molecular weight is 921 g/mol. The Bertz CT molecular complexity index is 3400. The lowest BCUT2D eigenvalue weighted by Gasteiger charge is -2.16. The zero-order valence-corrected chi connectivity index (χ0v) is 39.1. The largest absolute Gasteiger partial charge is 0.208 e. The molecule has 0 aliphatic rings. The fourth-order valence-corrected chi connectivity index (χ4v) is 9.21. The summed E-state index contributed by atoms with van der Waals surface area (Å²) < 4.78 is 0. The predicted octanol–water partition coefficient (Wildman–Crippen LogP) is 16.4. The Morgan fingerprint density at radius 3 is 0.597 bits per heavy atom. The van der Waals surface area contributed by atoms with E-state index in [1.54, 1.807) is 0 Å². The summed E-state index contributed by atoms with van der Waals surface area (Å²) >= 11 is 0. The maximum absolute atomic E-state index is 5.31. The van der Waals surface area contributed by atoms with Gasteiger partial charge in [0.25, 0.3) is 0 Å². The molecule has 0 atom stereocenters. The van der Waals surface area contributed by atoms with Crippen molar-refractivity contribution in [3.8, 4) is 124 Å². The van der Waals surface area contributed by atoms with Crippen LogP contribution in [0.5, 0.6) is 0 Å². The van der Waals surface area contributed by atoms with Gasteiger partial charge in [-0.2, -0.15) is 0 Å². The third kappa shape index (κ3) is 9.11. The van der Waals surface area contributed by atoms with Crippen molar-refractivity contribution in [2.45, 2.75) is 0 Å². The van der Waals surface area contributed by atoms with E-state index in [1.807, 2.05) is 36.4 Å². The maximum Gasteiger partial charge on any atom is 0.164 e. The topological polar surface area (TPSA) is 77.3 Å². The van der Waals surface area contributed by atoms with E-state index in [2.05, 4.69) is 231 Å². The first-order valence-corrected chi connectivity index (χ1v) is 24.0. The molecule has 0 aliphatic heterocycles. The van der Waals surface area contributed by atoms with Gasteiger partial charge in [-0.25, -0.2) is 29.9 Å². The van der Waals surface area contributed by atoms with E-state index in [0.717, 1.165) is 89.0 Å². The van der Waals surface area contributed by atoms with Gasteiger partial charge in [-0.3, -0.25) is 0 Å². The minimum atomic E-state index is 0.545. The van der Waals surface area contributed by atoms with Gasteiger partial charge in [0.05, 0.1) is 0 Å². The number of aromatic nitrogens is 6. The van der Waals surface area contributed by atoms with Crippen LogP contribution in [0.4, 0.5) is 0 Å². The lowest BCUT2D eigenvalue weighted by Crippen LogP contribution is -2.03. The number of hydrogen-bond donors (Lipinski definition) is 0. The molecule has 0 N–H and O–H groups in total. The molecule has 0 bridgehead atoms. The van der Waals surface area contributed by atoms with E-state index in [9.17, 15) is 0 Å². The Kier molecular flexibility index (Phi) is 11.9. The van der Waals surface area contributed by atoms with Crippen LogP contribution >= 0.6 is 0 Å². The minimum Gasteiger partial charge on any atom is -0.208 e. The van der Waals surface area contributed by atoms with Gasteiger partial charge < -0.3 is 0 Å². The smallest absolute Gasteiger partial charge is 0.164 e. The monoisotopic (exact) mass is 920 g/mol. The molecule has 0 saturated heterocycles. The summed E-state index contributed by atoms with van der Waals surface area (Å²) in [5.41, 5.74) is 15.8. The van der Waals surface area contributed by atoms with Crippen molar-refractivity contribution in [2.75, 3.05) is 0 Å². The van der Waals surface area contributed by atoms with Gasteiger partial charge >= 0.3 is 0 Å². The molecule has 72 heavy (non-hydrogen) atoms. The van der Waals surface area contributed by atoms with Crippen LogP contribution in [0.15, 0.2) is 267 Å². The molecule has 0 unspecified atom stereocenters. The van der Waals surface area contributed by atoms with Gasteiger partial charge in [0.1, 0.15) is 0 Å². The van der Waals surface area contributed by atoms with Crippen molar-refractivity contribution in [3.63, 3.8) is 0 Å². The normalized spacial score (nSPS) is 11.1. The Labute approximate surface area is 418 Å².